The van der Waals surface area contributed by atoms with Crippen molar-refractivity contribution >= 4 is 11.3 Å². The van der Waals surface area contributed by atoms with E-state index in [1.807, 2.05) is 11.3 Å². The van der Waals surface area contributed by atoms with Crippen molar-refractivity contribution in [3.05, 3.63) is 21.9 Å². The largest absolute Gasteiger partial charge is 0.316 e. The molecule has 0 aliphatic heterocycles. The fourth-order valence-corrected chi connectivity index (χ4v) is 5.01. The molecule has 1 aliphatic carbocycles. The molecule has 1 aliphatic rings. The predicted molar refractivity (Wildman–Crippen MR) is 95.2 cm³/mol. The Morgan fingerprint density at radius 1 is 1.33 bits per heavy atom. The van der Waals surface area contributed by atoms with Crippen molar-refractivity contribution in [1.29, 1.82) is 0 Å². The lowest BCUT2D eigenvalue weighted by Crippen LogP contribution is -2.33. The summed E-state index contributed by atoms with van der Waals surface area (Å²) in [5, 5.41) is 6.00. The van der Waals surface area contributed by atoms with Crippen molar-refractivity contribution in [3.63, 3.8) is 0 Å². The molecule has 0 saturated heterocycles. The molecule has 3 atom stereocenters. The van der Waals surface area contributed by atoms with Crippen LogP contribution in [0.2, 0.25) is 0 Å². The molecule has 0 radical (unpaired) electrons. The number of rotatable bonds is 7. The first-order valence-electron chi connectivity index (χ1n) is 8.86. The average molecular weight is 308 g/mol. The maximum Gasteiger partial charge on any atom is 0.0109 e. The fourth-order valence-electron chi connectivity index (χ4n) is 3.88. The third kappa shape index (κ3) is 4.82. The van der Waals surface area contributed by atoms with Gasteiger partial charge in [0.25, 0.3) is 0 Å². The zero-order chi connectivity index (χ0) is 15.2. The minimum absolute atomic E-state index is 0.753. The summed E-state index contributed by atoms with van der Waals surface area (Å²) >= 11 is 1.99. The van der Waals surface area contributed by atoms with Crippen LogP contribution >= 0.6 is 11.3 Å². The molecular weight excluding hydrogens is 274 g/mol. The first-order valence-corrected chi connectivity index (χ1v) is 9.74. The van der Waals surface area contributed by atoms with Crippen LogP contribution in [0.1, 0.15) is 69.2 Å². The Bertz CT molecular complexity index is 409. The molecule has 0 aromatic carbocycles. The second-order valence-corrected chi connectivity index (χ2v) is 8.30. The van der Waals surface area contributed by atoms with E-state index in [0.29, 0.717) is 0 Å². The smallest absolute Gasteiger partial charge is 0.0109 e. The summed E-state index contributed by atoms with van der Waals surface area (Å²) < 4.78 is 0. The van der Waals surface area contributed by atoms with Crippen LogP contribution in [0.15, 0.2) is 11.4 Å². The SMILES string of the molecule is CCCC1CCC(CNCC(C)C)C(c2sccc2C)C1. The second kappa shape index (κ2) is 8.33. The Hall–Kier alpha value is -0.340. The third-order valence-corrected chi connectivity index (χ3v) is 6.15. The Morgan fingerprint density at radius 3 is 2.76 bits per heavy atom. The monoisotopic (exact) mass is 307 g/mol. The topological polar surface area (TPSA) is 12.0 Å². The standard InChI is InChI=1S/C19H33NS/c1-5-6-16-7-8-17(13-20-12-14(2)3)18(11-16)19-15(4)9-10-21-19/h9-10,14,16-18,20H,5-8,11-13H2,1-4H3. The van der Waals surface area contributed by atoms with Gasteiger partial charge in [-0.25, -0.2) is 0 Å². The molecule has 120 valence electrons. The van der Waals surface area contributed by atoms with Gasteiger partial charge in [0, 0.05) is 4.88 Å². The van der Waals surface area contributed by atoms with Gasteiger partial charge in [-0.3, -0.25) is 0 Å². The summed E-state index contributed by atoms with van der Waals surface area (Å²) in [5.41, 5.74) is 1.52. The lowest BCUT2D eigenvalue weighted by molar-refractivity contribution is 0.221. The number of aryl methyl sites for hydroxylation is 1. The van der Waals surface area contributed by atoms with Crippen LogP contribution in [0.25, 0.3) is 0 Å². The van der Waals surface area contributed by atoms with Crippen molar-refractivity contribution in [3.8, 4) is 0 Å². The fraction of sp³-hybridized carbons (Fsp3) is 0.789. The van der Waals surface area contributed by atoms with Crippen LogP contribution in [-0.2, 0) is 0 Å². The van der Waals surface area contributed by atoms with Gasteiger partial charge in [-0.15, -0.1) is 11.3 Å². The molecule has 1 saturated carbocycles. The highest BCUT2D eigenvalue weighted by atomic mass is 32.1. The van der Waals surface area contributed by atoms with E-state index in [4.69, 9.17) is 0 Å². The van der Waals surface area contributed by atoms with Crippen molar-refractivity contribution < 1.29 is 0 Å². The lowest BCUT2D eigenvalue weighted by atomic mass is 9.71. The summed E-state index contributed by atoms with van der Waals surface area (Å²) in [5.74, 6) is 3.36. The van der Waals surface area contributed by atoms with Crippen molar-refractivity contribution in [2.75, 3.05) is 13.1 Å². The van der Waals surface area contributed by atoms with Gasteiger partial charge in [-0.2, -0.15) is 0 Å². The van der Waals surface area contributed by atoms with E-state index in [9.17, 15) is 0 Å². The van der Waals surface area contributed by atoms with E-state index in [0.717, 1.165) is 30.2 Å². The predicted octanol–water partition coefficient (Wildman–Crippen LogP) is 5.60. The van der Waals surface area contributed by atoms with Gasteiger partial charge in [0.05, 0.1) is 0 Å². The zero-order valence-corrected chi connectivity index (χ0v) is 15.1. The molecular formula is C19H33NS. The summed E-state index contributed by atoms with van der Waals surface area (Å²) in [6, 6.07) is 2.31. The highest BCUT2D eigenvalue weighted by Gasteiger charge is 2.32. The van der Waals surface area contributed by atoms with Gasteiger partial charge in [0.1, 0.15) is 0 Å². The van der Waals surface area contributed by atoms with Gasteiger partial charge in [-0.05, 0) is 73.5 Å². The molecule has 0 spiro atoms. The van der Waals surface area contributed by atoms with Gasteiger partial charge in [-0.1, -0.05) is 40.0 Å². The second-order valence-electron chi connectivity index (χ2n) is 7.35. The molecule has 1 nitrogen and oxygen atoms in total. The summed E-state index contributed by atoms with van der Waals surface area (Å²) in [6.07, 6.45) is 7.05. The van der Waals surface area contributed by atoms with Crippen LogP contribution in [0.4, 0.5) is 0 Å². The van der Waals surface area contributed by atoms with Gasteiger partial charge < -0.3 is 5.32 Å². The lowest BCUT2D eigenvalue weighted by Gasteiger charge is -2.36. The molecule has 2 heteroatoms. The van der Waals surface area contributed by atoms with E-state index in [1.54, 1.807) is 4.88 Å². The van der Waals surface area contributed by atoms with Crippen molar-refractivity contribution in [2.24, 2.45) is 17.8 Å². The molecule has 21 heavy (non-hydrogen) atoms. The Balaban J connectivity index is 2.02. The number of hydrogen-bond donors (Lipinski definition) is 1. The Labute approximate surface area is 135 Å². The van der Waals surface area contributed by atoms with Crippen LogP contribution < -0.4 is 5.32 Å². The summed E-state index contributed by atoms with van der Waals surface area (Å²) in [7, 11) is 0. The van der Waals surface area contributed by atoms with E-state index in [-0.39, 0.29) is 0 Å². The van der Waals surface area contributed by atoms with E-state index in [2.05, 4.69) is 44.5 Å². The zero-order valence-electron chi connectivity index (χ0n) is 14.3. The Morgan fingerprint density at radius 2 is 2.14 bits per heavy atom. The van der Waals surface area contributed by atoms with E-state index >= 15 is 0 Å². The molecule has 0 amide bonds. The van der Waals surface area contributed by atoms with Gasteiger partial charge >= 0.3 is 0 Å². The molecule has 1 aromatic heterocycles. The number of hydrogen-bond acceptors (Lipinski definition) is 2. The number of nitrogens with one attached hydrogen (secondary N) is 1. The summed E-state index contributed by atoms with van der Waals surface area (Å²) in [6.45, 7) is 11.6. The van der Waals surface area contributed by atoms with Gasteiger partial charge in [0.15, 0.2) is 0 Å². The van der Waals surface area contributed by atoms with Crippen LogP contribution in [-0.4, -0.2) is 13.1 Å². The van der Waals surface area contributed by atoms with E-state index < -0.39 is 0 Å². The molecule has 2 rings (SSSR count). The van der Waals surface area contributed by atoms with Crippen molar-refractivity contribution in [1.82, 2.24) is 5.32 Å². The molecule has 0 bridgehead atoms. The number of thiophene rings is 1. The average Bonchev–Trinajstić information content (AvgIpc) is 2.86. The minimum atomic E-state index is 0.753. The molecule has 1 aromatic rings. The minimum Gasteiger partial charge on any atom is -0.316 e. The van der Waals surface area contributed by atoms with Crippen LogP contribution in [0.5, 0.6) is 0 Å². The van der Waals surface area contributed by atoms with Gasteiger partial charge in [0.2, 0.25) is 0 Å². The quantitative estimate of drug-likeness (QED) is 0.691. The van der Waals surface area contributed by atoms with Crippen molar-refractivity contribution in [2.45, 2.75) is 65.7 Å². The first kappa shape index (κ1) is 17.0. The molecule has 3 unspecified atom stereocenters. The third-order valence-electron chi connectivity index (χ3n) is 5.00. The molecule has 1 heterocycles. The highest BCUT2D eigenvalue weighted by Crippen LogP contribution is 2.44. The molecule has 1 fully saturated rings. The maximum absolute atomic E-state index is 3.72. The normalized spacial score (nSPS) is 26.4. The maximum atomic E-state index is 3.72. The molecule has 1 N–H and O–H groups in total. The van der Waals surface area contributed by atoms with Crippen LogP contribution in [0.3, 0.4) is 0 Å². The highest BCUT2D eigenvalue weighted by molar-refractivity contribution is 7.10. The van der Waals surface area contributed by atoms with Crippen LogP contribution in [0, 0.1) is 24.7 Å². The first-order chi connectivity index (χ1) is 10.1. The Kier molecular flexibility index (Phi) is 6.75. The summed E-state index contributed by atoms with van der Waals surface area (Å²) in [4.78, 5) is 1.67. The van der Waals surface area contributed by atoms with E-state index in [1.165, 1.54) is 44.2 Å².